The van der Waals surface area contributed by atoms with Crippen LogP contribution in [0.15, 0.2) is 48.5 Å². The quantitative estimate of drug-likeness (QED) is 0.811. The van der Waals surface area contributed by atoms with Crippen molar-refractivity contribution in [3.63, 3.8) is 0 Å². The third-order valence-corrected chi connectivity index (χ3v) is 3.51. The van der Waals surface area contributed by atoms with Gasteiger partial charge in [-0.25, -0.2) is 4.39 Å². The monoisotopic (exact) mass is 354 g/mol. The van der Waals surface area contributed by atoms with E-state index in [9.17, 15) is 27.2 Å². The van der Waals surface area contributed by atoms with E-state index in [0.29, 0.717) is 0 Å². The molecule has 0 radical (unpaired) electrons. The first-order valence-electron chi connectivity index (χ1n) is 7.19. The average molecular weight is 354 g/mol. The Morgan fingerprint density at radius 3 is 2.16 bits per heavy atom. The molecule has 1 atom stereocenters. The van der Waals surface area contributed by atoms with E-state index >= 15 is 0 Å². The van der Waals surface area contributed by atoms with Gasteiger partial charge in [0, 0.05) is 12.0 Å². The number of benzene rings is 2. The smallest absolute Gasteiger partial charge is 0.368 e. The first-order valence-corrected chi connectivity index (χ1v) is 7.19. The minimum absolute atomic E-state index is 0.0761. The second kappa shape index (κ2) is 7.33. The number of primary amides is 1. The van der Waals surface area contributed by atoms with Crippen LogP contribution in [0, 0.1) is 5.82 Å². The predicted molar refractivity (Wildman–Crippen MR) is 82.0 cm³/mol. The summed E-state index contributed by atoms with van der Waals surface area (Å²) in [7, 11) is 0. The number of amides is 2. The van der Waals surface area contributed by atoms with Crippen molar-refractivity contribution in [2.24, 2.45) is 5.73 Å². The molecule has 0 aliphatic rings. The van der Waals surface area contributed by atoms with E-state index in [2.05, 4.69) is 5.32 Å². The largest absolute Gasteiger partial charge is 0.416 e. The molecule has 2 aromatic carbocycles. The van der Waals surface area contributed by atoms with Crippen molar-refractivity contribution in [3.05, 3.63) is 71.0 Å². The molecule has 0 aliphatic carbocycles. The molecule has 8 heteroatoms. The number of nitrogens with one attached hydrogen (secondary N) is 1. The zero-order chi connectivity index (χ0) is 18.6. The third kappa shape index (κ3) is 4.79. The van der Waals surface area contributed by atoms with Crippen molar-refractivity contribution in [3.8, 4) is 0 Å². The third-order valence-electron chi connectivity index (χ3n) is 3.51. The van der Waals surface area contributed by atoms with Gasteiger partial charge >= 0.3 is 6.18 Å². The average Bonchev–Trinajstić information content (AvgIpc) is 2.55. The van der Waals surface area contributed by atoms with Gasteiger partial charge in [0.05, 0.1) is 5.56 Å². The van der Waals surface area contributed by atoms with Gasteiger partial charge < -0.3 is 11.1 Å². The van der Waals surface area contributed by atoms with E-state index in [1.165, 1.54) is 18.2 Å². The van der Waals surface area contributed by atoms with Crippen LogP contribution in [0.1, 0.15) is 21.5 Å². The lowest BCUT2D eigenvalue weighted by atomic mass is 10.0. The molecule has 4 nitrogen and oxygen atoms in total. The molecule has 0 aliphatic heterocycles. The lowest BCUT2D eigenvalue weighted by molar-refractivity contribution is -0.137. The normalized spacial score (nSPS) is 12.5. The molecule has 0 fully saturated rings. The number of rotatable bonds is 5. The van der Waals surface area contributed by atoms with Gasteiger partial charge in [-0.2, -0.15) is 13.2 Å². The van der Waals surface area contributed by atoms with Gasteiger partial charge in [-0.3, -0.25) is 9.59 Å². The van der Waals surface area contributed by atoms with Crippen LogP contribution in [0.3, 0.4) is 0 Å². The Bertz CT molecular complexity index is 773. The molecule has 25 heavy (non-hydrogen) atoms. The van der Waals surface area contributed by atoms with E-state index < -0.39 is 35.4 Å². The van der Waals surface area contributed by atoms with Crippen molar-refractivity contribution >= 4 is 11.8 Å². The van der Waals surface area contributed by atoms with Gasteiger partial charge in [-0.15, -0.1) is 0 Å². The summed E-state index contributed by atoms with van der Waals surface area (Å²) >= 11 is 0. The molecular formula is C17H14F4N2O2. The zero-order valence-corrected chi connectivity index (χ0v) is 12.8. The van der Waals surface area contributed by atoms with Gasteiger partial charge in [-0.05, 0) is 35.9 Å². The minimum Gasteiger partial charge on any atom is -0.368 e. The van der Waals surface area contributed by atoms with Crippen LogP contribution in [0.4, 0.5) is 17.6 Å². The van der Waals surface area contributed by atoms with Crippen LogP contribution in [-0.4, -0.2) is 17.9 Å². The molecular weight excluding hydrogens is 340 g/mol. The van der Waals surface area contributed by atoms with Crippen LogP contribution >= 0.6 is 0 Å². The molecule has 0 unspecified atom stereocenters. The molecule has 2 aromatic rings. The van der Waals surface area contributed by atoms with Crippen LogP contribution < -0.4 is 11.1 Å². The molecule has 0 spiro atoms. The summed E-state index contributed by atoms with van der Waals surface area (Å²) in [5.41, 5.74) is 4.42. The zero-order valence-electron chi connectivity index (χ0n) is 12.8. The summed E-state index contributed by atoms with van der Waals surface area (Å²) in [6.45, 7) is 0. The summed E-state index contributed by atoms with van der Waals surface area (Å²) < 4.78 is 51.2. The molecule has 0 aromatic heterocycles. The molecule has 3 N–H and O–H groups in total. The summed E-state index contributed by atoms with van der Waals surface area (Å²) in [6, 6.07) is 7.95. The number of carbonyl (C=O) groups excluding carboxylic acids is 2. The fourth-order valence-corrected chi connectivity index (χ4v) is 2.16. The fourth-order valence-electron chi connectivity index (χ4n) is 2.16. The highest BCUT2D eigenvalue weighted by Crippen LogP contribution is 2.29. The van der Waals surface area contributed by atoms with E-state index in [4.69, 9.17) is 5.73 Å². The van der Waals surface area contributed by atoms with Crippen molar-refractivity contribution < 1.29 is 27.2 Å². The molecule has 2 amide bonds. The molecule has 0 bridgehead atoms. The maximum Gasteiger partial charge on any atom is 0.416 e. The first-order chi connectivity index (χ1) is 11.7. The number of alkyl halides is 3. The summed E-state index contributed by atoms with van der Waals surface area (Å²) in [5, 5.41) is 2.31. The Kier molecular flexibility index (Phi) is 5.41. The Labute approximate surface area is 140 Å². The topological polar surface area (TPSA) is 72.2 Å². The van der Waals surface area contributed by atoms with E-state index in [-0.39, 0.29) is 17.5 Å². The summed E-state index contributed by atoms with van der Waals surface area (Å²) in [5.74, 6) is -2.23. The molecule has 132 valence electrons. The molecule has 0 heterocycles. The van der Waals surface area contributed by atoms with Crippen molar-refractivity contribution in [2.45, 2.75) is 18.6 Å². The van der Waals surface area contributed by atoms with Crippen LogP contribution in [0.5, 0.6) is 0 Å². The molecule has 0 saturated carbocycles. The first kappa shape index (κ1) is 18.4. The number of hydrogen-bond acceptors (Lipinski definition) is 2. The molecule has 2 rings (SSSR count). The van der Waals surface area contributed by atoms with Gasteiger partial charge in [0.2, 0.25) is 5.91 Å². The highest BCUT2D eigenvalue weighted by Gasteiger charge is 2.30. The molecule has 0 saturated heterocycles. The van der Waals surface area contributed by atoms with Crippen LogP contribution in [0.2, 0.25) is 0 Å². The SMILES string of the molecule is NC(=O)[C@@H](Cc1ccccc1F)NC(=O)c1ccc(C(F)(F)F)cc1. The summed E-state index contributed by atoms with van der Waals surface area (Å²) in [4.78, 5) is 23.6. The Morgan fingerprint density at radius 1 is 1.04 bits per heavy atom. The summed E-state index contributed by atoms with van der Waals surface area (Å²) in [6.07, 6.45) is -4.69. The number of hydrogen-bond donors (Lipinski definition) is 2. The predicted octanol–water partition coefficient (Wildman–Crippen LogP) is 2.67. The van der Waals surface area contributed by atoms with Crippen molar-refractivity contribution in [1.29, 1.82) is 0 Å². The Morgan fingerprint density at radius 2 is 1.64 bits per heavy atom. The van der Waals surface area contributed by atoms with E-state index in [0.717, 1.165) is 24.3 Å². The van der Waals surface area contributed by atoms with E-state index in [1.807, 2.05) is 0 Å². The Balaban J connectivity index is 2.13. The lowest BCUT2D eigenvalue weighted by Gasteiger charge is -2.16. The highest BCUT2D eigenvalue weighted by atomic mass is 19.4. The fraction of sp³-hybridized carbons (Fsp3) is 0.176. The standard InChI is InChI=1S/C17H14F4N2O2/c18-13-4-2-1-3-11(13)9-14(15(22)24)23-16(25)10-5-7-12(8-6-10)17(19,20)21/h1-8,14H,9H2,(H2,22,24)(H,23,25)/t14-/m1/s1. The van der Waals surface area contributed by atoms with Crippen LogP contribution in [-0.2, 0) is 17.4 Å². The highest BCUT2D eigenvalue weighted by molar-refractivity contribution is 5.97. The van der Waals surface area contributed by atoms with E-state index in [1.54, 1.807) is 6.07 Å². The van der Waals surface area contributed by atoms with Crippen LogP contribution in [0.25, 0.3) is 0 Å². The number of halogens is 4. The minimum atomic E-state index is -4.52. The van der Waals surface area contributed by atoms with Gasteiger partial charge in [0.25, 0.3) is 5.91 Å². The Hall–Kier alpha value is -2.90. The number of nitrogens with two attached hydrogens (primary N) is 1. The second-order valence-corrected chi connectivity index (χ2v) is 5.30. The lowest BCUT2D eigenvalue weighted by Crippen LogP contribution is -2.46. The van der Waals surface area contributed by atoms with Crippen molar-refractivity contribution in [1.82, 2.24) is 5.32 Å². The van der Waals surface area contributed by atoms with Gasteiger partial charge in [0.15, 0.2) is 0 Å². The maximum absolute atomic E-state index is 13.7. The second-order valence-electron chi connectivity index (χ2n) is 5.30. The van der Waals surface area contributed by atoms with Crippen molar-refractivity contribution in [2.75, 3.05) is 0 Å². The van der Waals surface area contributed by atoms with Gasteiger partial charge in [-0.1, -0.05) is 18.2 Å². The maximum atomic E-state index is 13.7. The number of carbonyl (C=O) groups is 2. The van der Waals surface area contributed by atoms with Gasteiger partial charge in [0.1, 0.15) is 11.9 Å².